The van der Waals surface area contributed by atoms with Gasteiger partial charge < -0.3 is 9.84 Å². The number of carbonyl (C=O) groups excluding carboxylic acids is 1. The maximum atomic E-state index is 10.4. The van der Waals surface area contributed by atoms with Crippen LogP contribution in [0.2, 0.25) is 0 Å². The summed E-state index contributed by atoms with van der Waals surface area (Å²) >= 11 is 0. The zero-order valence-electron chi connectivity index (χ0n) is 6.75. The third kappa shape index (κ3) is 6.09. The average Bonchev–Trinajstić information content (AvgIpc) is 1.85. The SMILES string of the molecule is COC(C)/C(O)=C/C(C)=O.[Co]. The normalized spacial score (nSPS) is 13.5. The van der Waals surface area contributed by atoms with Crippen LogP contribution < -0.4 is 0 Å². The van der Waals surface area contributed by atoms with Crippen LogP contribution in [0, 0.1) is 0 Å². The molecule has 0 spiro atoms. The molecule has 11 heavy (non-hydrogen) atoms. The van der Waals surface area contributed by atoms with Crippen LogP contribution in [0.15, 0.2) is 11.8 Å². The number of ether oxygens (including phenoxy) is 1. The van der Waals surface area contributed by atoms with Crippen LogP contribution in [0.1, 0.15) is 13.8 Å². The molecule has 3 nitrogen and oxygen atoms in total. The Morgan fingerprint density at radius 2 is 2.09 bits per heavy atom. The summed E-state index contributed by atoms with van der Waals surface area (Å²) in [6.45, 7) is 3.04. The number of methoxy groups -OCH3 is 1. The van der Waals surface area contributed by atoms with Gasteiger partial charge in [0.25, 0.3) is 0 Å². The predicted octanol–water partition coefficient (Wildman–Crippen LogP) is 1.05. The number of carbonyl (C=O) groups is 1. The Morgan fingerprint density at radius 1 is 1.64 bits per heavy atom. The number of allylic oxidation sites excluding steroid dienone is 1. The second-order valence-electron chi connectivity index (χ2n) is 2.06. The van der Waals surface area contributed by atoms with Crippen LogP contribution in [0.25, 0.3) is 0 Å². The van der Waals surface area contributed by atoms with E-state index in [1.165, 1.54) is 14.0 Å². The third-order valence-corrected chi connectivity index (χ3v) is 1.12. The van der Waals surface area contributed by atoms with Crippen molar-refractivity contribution >= 4 is 5.78 Å². The minimum Gasteiger partial charge on any atom is -0.509 e. The summed E-state index contributed by atoms with van der Waals surface area (Å²) in [5.74, 6) is -0.212. The summed E-state index contributed by atoms with van der Waals surface area (Å²) in [5, 5.41) is 9.00. The number of rotatable bonds is 3. The van der Waals surface area contributed by atoms with Crippen molar-refractivity contribution < 1.29 is 31.4 Å². The summed E-state index contributed by atoms with van der Waals surface area (Å²) in [5.41, 5.74) is 0. The molecule has 0 aliphatic heterocycles. The standard InChI is InChI=1S/C7H12O3.Co/c1-5(8)4-7(9)6(2)10-3;/h4,6,9H,1-3H3;/b7-4-;. The van der Waals surface area contributed by atoms with Crippen LogP contribution in [-0.2, 0) is 26.3 Å². The van der Waals surface area contributed by atoms with Gasteiger partial charge in [0.2, 0.25) is 0 Å². The molecule has 0 saturated heterocycles. The molecule has 0 rings (SSSR count). The quantitative estimate of drug-likeness (QED) is 0.550. The molecule has 0 heterocycles. The van der Waals surface area contributed by atoms with Crippen LogP contribution in [0.5, 0.6) is 0 Å². The van der Waals surface area contributed by atoms with E-state index in [2.05, 4.69) is 0 Å². The molecule has 0 aromatic rings. The molecular weight excluding hydrogens is 191 g/mol. The van der Waals surface area contributed by atoms with Gasteiger partial charge in [-0.1, -0.05) is 0 Å². The van der Waals surface area contributed by atoms with E-state index in [4.69, 9.17) is 9.84 Å². The van der Waals surface area contributed by atoms with Crippen molar-refractivity contribution in [3.8, 4) is 0 Å². The van der Waals surface area contributed by atoms with Gasteiger partial charge >= 0.3 is 0 Å². The Labute approximate surface area is 76.6 Å². The molecule has 1 atom stereocenters. The van der Waals surface area contributed by atoms with Crippen LogP contribution >= 0.6 is 0 Å². The van der Waals surface area contributed by atoms with Crippen molar-refractivity contribution in [2.45, 2.75) is 20.0 Å². The van der Waals surface area contributed by atoms with E-state index in [1.807, 2.05) is 0 Å². The van der Waals surface area contributed by atoms with Crippen LogP contribution in [0.4, 0.5) is 0 Å². The number of hydrogen-bond acceptors (Lipinski definition) is 3. The van der Waals surface area contributed by atoms with Crippen molar-refractivity contribution in [3.63, 3.8) is 0 Å². The van der Waals surface area contributed by atoms with Gasteiger partial charge in [-0.15, -0.1) is 0 Å². The molecular formula is C7H12CoO3. The third-order valence-electron chi connectivity index (χ3n) is 1.12. The summed E-state index contributed by atoms with van der Waals surface area (Å²) in [6, 6.07) is 0. The molecule has 0 fully saturated rings. The van der Waals surface area contributed by atoms with Crippen molar-refractivity contribution in [2.24, 2.45) is 0 Å². The first-order valence-electron chi connectivity index (χ1n) is 3.02. The van der Waals surface area contributed by atoms with Gasteiger partial charge in [-0.25, -0.2) is 0 Å². The first kappa shape index (κ1) is 13.3. The van der Waals surface area contributed by atoms with Gasteiger partial charge in [0.05, 0.1) is 0 Å². The van der Waals surface area contributed by atoms with E-state index < -0.39 is 6.10 Å². The van der Waals surface area contributed by atoms with E-state index in [-0.39, 0.29) is 28.3 Å². The topological polar surface area (TPSA) is 46.5 Å². The van der Waals surface area contributed by atoms with Gasteiger partial charge in [0.1, 0.15) is 11.9 Å². The van der Waals surface area contributed by atoms with Crippen molar-refractivity contribution in [2.75, 3.05) is 7.11 Å². The molecule has 0 aliphatic carbocycles. The smallest absolute Gasteiger partial charge is 0.156 e. The number of ketones is 1. The number of aliphatic hydroxyl groups is 1. The van der Waals surface area contributed by atoms with Crippen LogP contribution in [0.3, 0.4) is 0 Å². The van der Waals surface area contributed by atoms with Crippen molar-refractivity contribution in [1.29, 1.82) is 0 Å². The number of hydrogen-bond donors (Lipinski definition) is 1. The predicted molar refractivity (Wildman–Crippen MR) is 37.9 cm³/mol. The Hall–Kier alpha value is -0.324. The van der Waals surface area contributed by atoms with Gasteiger partial charge in [-0.05, 0) is 13.8 Å². The molecule has 0 saturated carbocycles. The van der Waals surface area contributed by atoms with Gasteiger partial charge in [-0.2, -0.15) is 0 Å². The monoisotopic (exact) mass is 203 g/mol. The summed E-state index contributed by atoms with van der Waals surface area (Å²) in [4.78, 5) is 10.4. The molecule has 4 heteroatoms. The van der Waals surface area contributed by atoms with E-state index in [9.17, 15) is 4.79 Å². The minimum atomic E-state index is -0.399. The molecule has 1 radical (unpaired) electrons. The fraction of sp³-hybridized carbons (Fsp3) is 0.571. The Morgan fingerprint density at radius 3 is 2.36 bits per heavy atom. The maximum Gasteiger partial charge on any atom is 0.156 e. The van der Waals surface area contributed by atoms with Gasteiger partial charge in [0, 0.05) is 30.0 Å². The fourth-order valence-electron chi connectivity index (χ4n) is 0.446. The van der Waals surface area contributed by atoms with E-state index in [0.717, 1.165) is 6.08 Å². The van der Waals surface area contributed by atoms with Gasteiger partial charge in [-0.3, -0.25) is 4.79 Å². The largest absolute Gasteiger partial charge is 0.509 e. The van der Waals surface area contributed by atoms with E-state index in [1.54, 1.807) is 6.92 Å². The Bertz CT molecular complexity index is 154. The fourth-order valence-corrected chi connectivity index (χ4v) is 0.446. The summed E-state index contributed by atoms with van der Waals surface area (Å²) < 4.78 is 4.74. The number of aliphatic hydroxyl groups excluding tert-OH is 1. The zero-order chi connectivity index (χ0) is 8.15. The summed E-state index contributed by atoms with van der Waals surface area (Å²) in [7, 11) is 1.47. The minimum absolute atomic E-state index is 0. The molecule has 1 N–H and O–H groups in total. The molecule has 67 valence electrons. The molecule has 0 aromatic heterocycles. The first-order chi connectivity index (χ1) is 4.57. The van der Waals surface area contributed by atoms with Gasteiger partial charge in [0.15, 0.2) is 5.78 Å². The van der Waals surface area contributed by atoms with Crippen LogP contribution in [-0.4, -0.2) is 24.1 Å². The molecule has 0 bridgehead atoms. The average molecular weight is 203 g/mol. The molecule has 1 unspecified atom stereocenters. The molecule has 0 aromatic carbocycles. The van der Waals surface area contributed by atoms with E-state index in [0.29, 0.717) is 0 Å². The Balaban J connectivity index is 0. The Kier molecular flexibility index (Phi) is 7.71. The second-order valence-corrected chi connectivity index (χ2v) is 2.06. The molecule has 0 aliphatic rings. The van der Waals surface area contributed by atoms with Crippen molar-refractivity contribution in [1.82, 2.24) is 0 Å². The van der Waals surface area contributed by atoms with E-state index >= 15 is 0 Å². The van der Waals surface area contributed by atoms with Crippen molar-refractivity contribution in [3.05, 3.63) is 11.8 Å². The first-order valence-corrected chi connectivity index (χ1v) is 3.02. The molecule has 0 amide bonds. The zero-order valence-corrected chi connectivity index (χ0v) is 7.79. The second kappa shape index (κ2) is 6.39. The maximum absolute atomic E-state index is 10.4. The summed E-state index contributed by atoms with van der Waals surface area (Å²) in [6.07, 6.45) is 0.748.